The molecule has 0 aliphatic rings. The predicted octanol–water partition coefficient (Wildman–Crippen LogP) is 2.07. The zero-order valence-corrected chi connectivity index (χ0v) is 33.4. The first-order valence-electron chi connectivity index (χ1n) is 17.6. The van der Waals surface area contributed by atoms with Crippen molar-refractivity contribution in [2.24, 2.45) is 5.73 Å². The first-order chi connectivity index (χ1) is 23.7. The van der Waals surface area contributed by atoms with Crippen LogP contribution in [0, 0.1) is 0 Å². The molecular formula is C32H64N8O5S4. The van der Waals surface area contributed by atoms with Crippen LogP contribution < -0.4 is 32.3 Å². The van der Waals surface area contributed by atoms with E-state index < -0.39 is 0 Å². The predicted molar refractivity (Wildman–Crippen MR) is 211 cm³/mol. The lowest BCUT2D eigenvalue weighted by Gasteiger charge is -2.22. The SMILES string of the molecule is CCCC(=O)NCCSSCCNC(=O)CCN(CCCCNC(C)=O)CCC(=O)NCCSSCCNC(=O)CCN(C)CCCCN. The summed E-state index contributed by atoms with van der Waals surface area (Å²) in [5.74, 6) is 3.27. The molecule has 0 aromatic rings. The van der Waals surface area contributed by atoms with Crippen molar-refractivity contribution in [3.63, 3.8) is 0 Å². The standard InChI is InChI=1S/C32H64N8O5S4/c1-4-9-29(42)35-15-24-46-48-26-17-37-31(44)11-22-40(20-8-6-14-34-28(2)41)23-12-32(45)38-18-27-49-47-25-16-36-30(43)10-21-39(3)19-7-5-13-33/h4-27,33H2,1-3H3,(H,34,41)(H,35,42)(H,36,43)(H,37,44)(H,38,45). The molecule has 0 radical (unpaired) electrons. The molecule has 7 N–H and O–H groups in total. The minimum atomic E-state index is -0.0483. The number of unbranched alkanes of at least 4 members (excludes halogenated alkanes) is 2. The third kappa shape index (κ3) is 34.8. The van der Waals surface area contributed by atoms with E-state index in [-0.39, 0.29) is 29.5 Å². The highest BCUT2D eigenvalue weighted by Gasteiger charge is 2.11. The fourth-order valence-electron chi connectivity index (χ4n) is 4.25. The zero-order chi connectivity index (χ0) is 36.4. The van der Waals surface area contributed by atoms with E-state index in [9.17, 15) is 24.0 Å². The van der Waals surface area contributed by atoms with E-state index in [0.29, 0.717) is 78.0 Å². The maximum atomic E-state index is 12.5. The van der Waals surface area contributed by atoms with Crippen molar-refractivity contribution in [2.75, 3.05) is 102 Å². The Morgan fingerprint density at radius 3 is 1.39 bits per heavy atom. The number of carbonyl (C=O) groups is 5. The number of nitrogens with one attached hydrogen (secondary N) is 5. The number of nitrogens with two attached hydrogens (primary N) is 1. The summed E-state index contributed by atoms with van der Waals surface area (Å²) < 4.78 is 0. The quantitative estimate of drug-likeness (QED) is 0.0416. The Labute approximate surface area is 311 Å². The molecule has 0 bridgehead atoms. The van der Waals surface area contributed by atoms with Crippen LogP contribution in [-0.2, 0) is 24.0 Å². The second kappa shape index (κ2) is 35.1. The molecule has 286 valence electrons. The summed E-state index contributed by atoms with van der Waals surface area (Å²) in [6, 6.07) is 0. The van der Waals surface area contributed by atoms with Crippen molar-refractivity contribution >= 4 is 72.7 Å². The highest BCUT2D eigenvalue weighted by atomic mass is 33.1. The molecule has 0 fully saturated rings. The maximum Gasteiger partial charge on any atom is 0.221 e. The molecule has 0 saturated carbocycles. The van der Waals surface area contributed by atoms with E-state index in [1.54, 1.807) is 43.2 Å². The molecule has 13 nitrogen and oxygen atoms in total. The molecule has 0 aliphatic heterocycles. The lowest BCUT2D eigenvalue weighted by molar-refractivity contribution is -0.122. The van der Waals surface area contributed by atoms with Gasteiger partial charge in [-0.3, -0.25) is 24.0 Å². The van der Waals surface area contributed by atoms with E-state index in [1.165, 1.54) is 6.92 Å². The third-order valence-electron chi connectivity index (χ3n) is 6.97. The normalized spacial score (nSPS) is 11.1. The molecule has 0 aromatic carbocycles. The van der Waals surface area contributed by atoms with Gasteiger partial charge in [-0.15, -0.1) is 0 Å². The fraction of sp³-hybridized carbons (Fsp3) is 0.844. The van der Waals surface area contributed by atoms with Gasteiger partial charge in [-0.25, -0.2) is 0 Å². The van der Waals surface area contributed by atoms with E-state index in [1.807, 2.05) is 14.0 Å². The van der Waals surface area contributed by atoms with Crippen LogP contribution in [0.25, 0.3) is 0 Å². The van der Waals surface area contributed by atoms with E-state index in [2.05, 4.69) is 36.4 Å². The van der Waals surface area contributed by atoms with E-state index in [0.717, 1.165) is 74.7 Å². The van der Waals surface area contributed by atoms with Gasteiger partial charge in [-0.05, 0) is 58.8 Å². The Hall–Kier alpha value is -1.37. The number of carbonyl (C=O) groups excluding carboxylic acids is 5. The minimum Gasteiger partial charge on any atom is -0.356 e. The Morgan fingerprint density at radius 2 is 0.959 bits per heavy atom. The molecule has 49 heavy (non-hydrogen) atoms. The van der Waals surface area contributed by atoms with Crippen LogP contribution in [0.15, 0.2) is 0 Å². The van der Waals surface area contributed by atoms with Crippen LogP contribution in [0.4, 0.5) is 0 Å². The van der Waals surface area contributed by atoms with Gasteiger partial charge in [0.05, 0.1) is 0 Å². The second-order valence-corrected chi connectivity index (χ2v) is 16.9. The van der Waals surface area contributed by atoms with Gasteiger partial charge < -0.3 is 42.1 Å². The highest BCUT2D eigenvalue weighted by Crippen LogP contribution is 2.20. The lowest BCUT2D eigenvalue weighted by Crippen LogP contribution is -2.35. The molecule has 0 unspecified atom stereocenters. The molecular weight excluding hydrogens is 705 g/mol. The molecule has 0 atom stereocenters. The smallest absolute Gasteiger partial charge is 0.221 e. The van der Waals surface area contributed by atoms with Crippen molar-refractivity contribution in [3.8, 4) is 0 Å². The fourth-order valence-corrected chi connectivity index (χ4v) is 7.88. The molecule has 0 aromatic heterocycles. The van der Waals surface area contributed by atoms with E-state index >= 15 is 0 Å². The van der Waals surface area contributed by atoms with Gasteiger partial charge in [-0.1, -0.05) is 50.1 Å². The number of rotatable bonds is 34. The number of amides is 5. The highest BCUT2D eigenvalue weighted by molar-refractivity contribution is 8.77. The van der Waals surface area contributed by atoms with Crippen molar-refractivity contribution in [2.45, 2.75) is 71.6 Å². The van der Waals surface area contributed by atoms with Gasteiger partial charge >= 0.3 is 0 Å². The maximum absolute atomic E-state index is 12.5. The first-order valence-corrected chi connectivity index (χ1v) is 22.6. The molecule has 0 heterocycles. The first kappa shape index (κ1) is 47.6. The summed E-state index contributed by atoms with van der Waals surface area (Å²) in [5, 5.41) is 14.6. The summed E-state index contributed by atoms with van der Waals surface area (Å²) in [6.45, 7) is 10.8. The molecule has 5 amide bonds. The molecule has 0 spiro atoms. The average Bonchev–Trinajstić information content (AvgIpc) is 3.06. The van der Waals surface area contributed by atoms with Gasteiger partial charge in [0.25, 0.3) is 0 Å². The Balaban J connectivity index is 4.12. The van der Waals surface area contributed by atoms with Gasteiger partial charge in [0.15, 0.2) is 0 Å². The van der Waals surface area contributed by atoms with Crippen LogP contribution in [0.5, 0.6) is 0 Å². The third-order valence-corrected chi connectivity index (χ3v) is 11.8. The van der Waals surface area contributed by atoms with Crippen molar-refractivity contribution in [1.82, 2.24) is 36.4 Å². The number of nitrogens with zero attached hydrogens (tertiary/aromatic N) is 2. The topological polar surface area (TPSA) is 178 Å². The Kier molecular flexibility index (Phi) is 34.1. The minimum absolute atomic E-state index is 0.0131. The lowest BCUT2D eigenvalue weighted by atomic mass is 10.2. The Bertz CT molecular complexity index is 894. The summed E-state index contributed by atoms with van der Waals surface area (Å²) in [6.07, 6.45) is 6.35. The summed E-state index contributed by atoms with van der Waals surface area (Å²) in [4.78, 5) is 63.9. The van der Waals surface area contributed by atoms with Crippen molar-refractivity contribution < 1.29 is 24.0 Å². The number of hydrogen-bond acceptors (Lipinski definition) is 12. The van der Waals surface area contributed by atoms with Crippen LogP contribution in [0.2, 0.25) is 0 Å². The molecule has 0 aliphatic carbocycles. The largest absolute Gasteiger partial charge is 0.356 e. The summed E-state index contributed by atoms with van der Waals surface area (Å²) in [5.41, 5.74) is 5.52. The summed E-state index contributed by atoms with van der Waals surface area (Å²) in [7, 11) is 8.74. The number of hydrogen-bond donors (Lipinski definition) is 6. The average molecular weight is 769 g/mol. The van der Waals surface area contributed by atoms with Crippen LogP contribution in [-0.4, -0.2) is 141 Å². The van der Waals surface area contributed by atoms with Crippen LogP contribution >= 0.6 is 43.2 Å². The van der Waals surface area contributed by atoms with Crippen LogP contribution in [0.1, 0.15) is 71.6 Å². The van der Waals surface area contributed by atoms with Crippen LogP contribution in [0.3, 0.4) is 0 Å². The van der Waals surface area contributed by atoms with Gasteiger partial charge in [0.1, 0.15) is 0 Å². The molecule has 17 heteroatoms. The summed E-state index contributed by atoms with van der Waals surface area (Å²) >= 11 is 0. The molecule has 0 rings (SSSR count). The van der Waals surface area contributed by atoms with E-state index in [4.69, 9.17) is 5.73 Å². The monoisotopic (exact) mass is 768 g/mol. The van der Waals surface area contributed by atoms with Crippen molar-refractivity contribution in [1.29, 1.82) is 0 Å². The Morgan fingerprint density at radius 1 is 0.531 bits per heavy atom. The van der Waals surface area contributed by atoms with Gasteiger partial charge in [-0.2, -0.15) is 0 Å². The molecule has 0 saturated heterocycles. The zero-order valence-electron chi connectivity index (χ0n) is 30.1. The van der Waals surface area contributed by atoms with Gasteiger partial charge in [0, 0.05) is 108 Å². The van der Waals surface area contributed by atoms with Crippen molar-refractivity contribution in [3.05, 3.63) is 0 Å². The van der Waals surface area contributed by atoms with Gasteiger partial charge in [0.2, 0.25) is 29.5 Å². The second-order valence-electron chi connectivity index (χ2n) is 11.5.